The zero-order valence-electron chi connectivity index (χ0n) is 10.8. The Bertz CT molecular complexity index is 574. The summed E-state index contributed by atoms with van der Waals surface area (Å²) in [4.78, 5) is 12.0. The van der Waals surface area contributed by atoms with Crippen molar-refractivity contribution in [2.45, 2.75) is 36.8 Å². The number of nitrogens with two attached hydrogens (primary N) is 1. The Morgan fingerprint density at radius 1 is 1.53 bits per heavy atom. The normalized spacial score (nSPS) is 16.1. The number of nitrogens with one attached hydrogen (secondary N) is 1. The molecule has 19 heavy (non-hydrogen) atoms. The summed E-state index contributed by atoms with van der Waals surface area (Å²) in [6.45, 7) is 2.25. The molecule has 0 radical (unpaired) electrons. The lowest BCUT2D eigenvalue weighted by Crippen LogP contribution is -2.27. The number of carbonyl (C=O) groups is 1. The van der Waals surface area contributed by atoms with E-state index in [-0.39, 0.29) is 10.1 Å². The van der Waals surface area contributed by atoms with Gasteiger partial charge in [-0.25, -0.2) is 13.6 Å². The van der Waals surface area contributed by atoms with Gasteiger partial charge in [-0.15, -0.1) is 11.3 Å². The minimum absolute atomic E-state index is 0.0663. The highest BCUT2D eigenvalue weighted by Crippen LogP contribution is 2.29. The Hall–Kier alpha value is -0.920. The highest BCUT2D eigenvalue weighted by Gasteiger charge is 2.21. The van der Waals surface area contributed by atoms with E-state index in [0.29, 0.717) is 17.7 Å². The van der Waals surface area contributed by atoms with E-state index < -0.39 is 10.0 Å². The summed E-state index contributed by atoms with van der Waals surface area (Å²) in [5.74, 6) is 0.520. The van der Waals surface area contributed by atoms with Crippen LogP contribution in [0.15, 0.2) is 9.59 Å². The summed E-state index contributed by atoms with van der Waals surface area (Å²) in [5, 5.41) is 9.47. The van der Waals surface area contributed by atoms with Gasteiger partial charge in [0.15, 0.2) is 0 Å². The Morgan fingerprint density at radius 2 is 2.21 bits per heavy atom. The molecule has 0 saturated heterocycles. The number of primary sulfonamides is 1. The standard InChI is InChI=1S/C12H18N2O3S2/c1-8-10(7-18-12(8)19(13,16)17)11(15)14-6-5-9-3-2-4-9/h7,9H,2-6H2,1H3,(H,14,15)(H2,13,16,17). The van der Waals surface area contributed by atoms with Crippen molar-refractivity contribution >= 4 is 27.3 Å². The van der Waals surface area contributed by atoms with Gasteiger partial charge in [0.25, 0.3) is 5.91 Å². The van der Waals surface area contributed by atoms with E-state index in [0.717, 1.165) is 23.7 Å². The number of rotatable bonds is 5. The first-order valence-corrected chi connectivity index (χ1v) is 8.71. The van der Waals surface area contributed by atoms with Crippen LogP contribution in [0.25, 0.3) is 0 Å². The molecule has 0 unspecified atom stereocenters. The van der Waals surface area contributed by atoms with Crippen LogP contribution in [0.2, 0.25) is 0 Å². The number of amides is 1. The smallest absolute Gasteiger partial charge is 0.252 e. The molecule has 2 rings (SSSR count). The SMILES string of the molecule is Cc1c(C(=O)NCCC2CCC2)csc1S(N)(=O)=O. The molecule has 1 aromatic rings. The van der Waals surface area contributed by atoms with Crippen molar-refractivity contribution in [1.29, 1.82) is 0 Å². The third kappa shape index (κ3) is 3.34. The molecule has 0 aromatic carbocycles. The Balaban J connectivity index is 1.97. The summed E-state index contributed by atoms with van der Waals surface area (Å²) < 4.78 is 22.7. The van der Waals surface area contributed by atoms with E-state index in [2.05, 4.69) is 5.32 Å². The van der Waals surface area contributed by atoms with E-state index in [1.54, 1.807) is 12.3 Å². The van der Waals surface area contributed by atoms with Crippen LogP contribution < -0.4 is 10.5 Å². The van der Waals surface area contributed by atoms with Gasteiger partial charge in [0, 0.05) is 11.9 Å². The van der Waals surface area contributed by atoms with Crippen molar-refractivity contribution in [3.63, 3.8) is 0 Å². The minimum atomic E-state index is -3.74. The summed E-state index contributed by atoms with van der Waals surface area (Å²) >= 11 is 0.993. The molecule has 3 N–H and O–H groups in total. The van der Waals surface area contributed by atoms with E-state index in [1.165, 1.54) is 19.3 Å². The van der Waals surface area contributed by atoms with Gasteiger partial charge in [-0.05, 0) is 24.8 Å². The monoisotopic (exact) mass is 302 g/mol. The van der Waals surface area contributed by atoms with Crippen LogP contribution >= 0.6 is 11.3 Å². The van der Waals surface area contributed by atoms with Crippen molar-refractivity contribution in [1.82, 2.24) is 5.32 Å². The molecule has 1 aliphatic rings. The van der Waals surface area contributed by atoms with Crippen molar-refractivity contribution in [2.75, 3.05) is 6.54 Å². The molecule has 0 spiro atoms. The second kappa shape index (κ2) is 5.60. The molecule has 5 nitrogen and oxygen atoms in total. The molecule has 0 atom stereocenters. The van der Waals surface area contributed by atoms with Gasteiger partial charge in [-0.3, -0.25) is 4.79 Å². The summed E-state index contributed by atoms with van der Waals surface area (Å²) in [5.41, 5.74) is 0.844. The molecule has 1 aliphatic carbocycles. The summed E-state index contributed by atoms with van der Waals surface area (Å²) in [7, 11) is -3.74. The third-order valence-electron chi connectivity index (χ3n) is 3.56. The quantitative estimate of drug-likeness (QED) is 0.866. The van der Waals surface area contributed by atoms with Crippen LogP contribution in [0.4, 0.5) is 0 Å². The maximum atomic E-state index is 12.0. The van der Waals surface area contributed by atoms with Crippen LogP contribution in [0.1, 0.15) is 41.6 Å². The maximum Gasteiger partial charge on any atom is 0.252 e. The van der Waals surface area contributed by atoms with E-state index >= 15 is 0 Å². The molecule has 1 aromatic heterocycles. The fourth-order valence-corrected chi connectivity index (χ4v) is 4.18. The molecular weight excluding hydrogens is 284 g/mol. The number of carbonyl (C=O) groups excluding carboxylic acids is 1. The largest absolute Gasteiger partial charge is 0.352 e. The Kier molecular flexibility index (Phi) is 4.27. The van der Waals surface area contributed by atoms with Crippen molar-refractivity contribution in [3.8, 4) is 0 Å². The van der Waals surface area contributed by atoms with Gasteiger partial charge in [-0.2, -0.15) is 0 Å². The van der Waals surface area contributed by atoms with Gasteiger partial charge < -0.3 is 5.32 Å². The Morgan fingerprint density at radius 3 is 2.68 bits per heavy atom. The van der Waals surface area contributed by atoms with Crippen molar-refractivity contribution in [3.05, 3.63) is 16.5 Å². The topological polar surface area (TPSA) is 89.3 Å². The van der Waals surface area contributed by atoms with Crippen LogP contribution in [0.3, 0.4) is 0 Å². The molecule has 1 heterocycles. The second-order valence-corrected chi connectivity index (χ2v) is 7.58. The second-order valence-electron chi connectivity index (χ2n) is 4.95. The summed E-state index contributed by atoms with van der Waals surface area (Å²) in [6.07, 6.45) is 4.79. The van der Waals surface area contributed by atoms with Crippen molar-refractivity contribution < 1.29 is 13.2 Å². The highest BCUT2D eigenvalue weighted by atomic mass is 32.2. The van der Waals surface area contributed by atoms with Gasteiger partial charge in [0.05, 0.1) is 5.56 Å². The molecule has 1 saturated carbocycles. The van der Waals surface area contributed by atoms with Gasteiger partial charge in [0.2, 0.25) is 10.0 Å². The molecule has 1 fully saturated rings. The van der Waals surface area contributed by atoms with Gasteiger partial charge in [0.1, 0.15) is 4.21 Å². The lowest BCUT2D eigenvalue weighted by molar-refractivity contribution is 0.0948. The molecule has 1 amide bonds. The van der Waals surface area contributed by atoms with Crippen LogP contribution in [-0.4, -0.2) is 20.9 Å². The molecule has 0 bridgehead atoms. The lowest BCUT2D eigenvalue weighted by atomic mass is 9.83. The molecule has 7 heteroatoms. The number of hydrogen-bond donors (Lipinski definition) is 2. The van der Waals surface area contributed by atoms with Gasteiger partial charge in [-0.1, -0.05) is 19.3 Å². The van der Waals surface area contributed by atoms with Crippen LogP contribution in [0, 0.1) is 12.8 Å². The average molecular weight is 302 g/mol. The highest BCUT2D eigenvalue weighted by molar-refractivity contribution is 7.91. The first kappa shape index (κ1) is 14.5. The molecule has 106 valence electrons. The maximum absolute atomic E-state index is 12.0. The summed E-state index contributed by atoms with van der Waals surface area (Å²) in [6, 6.07) is 0. The number of thiophene rings is 1. The van der Waals surface area contributed by atoms with Crippen LogP contribution in [0.5, 0.6) is 0 Å². The van der Waals surface area contributed by atoms with Gasteiger partial charge >= 0.3 is 0 Å². The lowest BCUT2D eigenvalue weighted by Gasteiger charge is -2.25. The van der Waals surface area contributed by atoms with E-state index in [1.807, 2.05) is 0 Å². The predicted molar refractivity (Wildman–Crippen MR) is 74.7 cm³/mol. The zero-order chi connectivity index (χ0) is 14.0. The molecular formula is C12H18N2O3S2. The fourth-order valence-electron chi connectivity index (χ4n) is 2.17. The van der Waals surface area contributed by atoms with E-state index in [9.17, 15) is 13.2 Å². The minimum Gasteiger partial charge on any atom is -0.352 e. The first-order chi connectivity index (χ1) is 8.89. The fraction of sp³-hybridized carbons (Fsp3) is 0.583. The third-order valence-corrected chi connectivity index (χ3v) is 6.24. The van der Waals surface area contributed by atoms with Crippen molar-refractivity contribution in [2.24, 2.45) is 11.1 Å². The van der Waals surface area contributed by atoms with Crippen LogP contribution in [-0.2, 0) is 10.0 Å². The van der Waals surface area contributed by atoms with E-state index in [4.69, 9.17) is 5.14 Å². The predicted octanol–water partition coefficient (Wildman–Crippen LogP) is 1.62. The number of sulfonamides is 1. The molecule has 0 aliphatic heterocycles. The first-order valence-electron chi connectivity index (χ1n) is 6.28. The Labute approximate surface area is 117 Å². The number of hydrogen-bond acceptors (Lipinski definition) is 4. The zero-order valence-corrected chi connectivity index (χ0v) is 12.4. The average Bonchev–Trinajstić information content (AvgIpc) is 2.63.